The van der Waals surface area contributed by atoms with Gasteiger partial charge in [-0.1, -0.05) is 301 Å². The number of aliphatic carboxylic acids is 1. The van der Waals surface area contributed by atoms with Crippen molar-refractivity contribution < 1.29 is 42.9 Å². The number of hydrogen-bond donors (Lipinski definition) is 1. The molecule has 1 N–H and O–H groups in total. The molecule has 0 aliphatic heterocycles. The van der Waals surface area contributed by atoms with E-state index in [2.05, 4.69) is 160 Å². The minimum Gasteiger partial charge on any atom is -0.477 e. The Bertz CT molecular complexity index is 1970. The molecule has 0 radical (unpaired) electrons. The molecule has 0 aromatic rings. The number of allylic oxidation sites excluding steroid dienone is 24. The summed E-state index contributed by atoms with van der Waals surface area (Å²) in [4.78, 5) is 37.7. The molecule has 0 rings (SSSR count). The lowest BCUT2D eigenvalue weighted by Gasteiger charge is -2.25. The molecule has 0 bridgehead atoms. The van der Waals surface area contributed by atoms with E-state index in [-0.39, 0.29) is 32.2 Å². The molecule has 0 aliphatic rings. The Kier molecular flexibility index (Phi) is 65.3. The molecule has 0 aromatic carbocycles. The van der Waals surface area contributed by atoms with E-state index < -0.39 is 24.3 Å². The van der Waals surface area contributed by atoms with E-state index in [1.165, 1.54) is 116 Å². The first-order valence-electron chi connectivity index (χ1n) is 36.0. The van der Waals surface area contributed by atoms with Crippen LogP contribution in [-0.2, 0) is 33.3 Å². The zero-order valence-electron chi connectivity index (χ0n) is 57.8. The van der Waals surface area contributed by atoms with E-state index in [9.17, 15) is 19.5 Å². The van der Waals surface area contributed by atoms with Crippen LogP contribution in [0.5, 0.6) is 0 Å². The highest BCUT2D eigenvalue weighted by Gasteiger charge is 2.25. The number of carbonyl (C=O) groups is 3. The second-order valence-electron chi connectivity index (χ2n) is 24.8. The zero-order chi connectivity index (χ0) is 64.7. The van der Waals surface area contributed by atoms with Gasteiger partial charge < -0.3 is 28.5 Å². The molecule has 2 unspecified atom stereocenters. The second-order valence-corrected chi connectivity index (χ2v) is 24.8. The molecule has 0 fully saturated rings. The summed E-state index contributed by atoms with van der Waals surface area (Å²) in [7, 11) is 5.97. The van der Waals surface area contributed by atoms with Crippen molar-refractivity contribution in [3.05, 3.63) is 146 Å². The van der Waals surface area contributed by atoms with Crippen molar-refractivity contribution in [2.75, 3.05) is 47.5 Å². The number of carboxylic acids is 1. The highest BCUT2D eigenvalue weighted by molar-refractivity contribution is 5.71. The maximum atomic E-state index is 13.0. The van der Waals surface area contributed by atoms with Crippen LogP contribution in [0.15, 0.2) is 146 Å². The van der Waals surface area contributed by atoms with Gasteiger partial charge in [0.15, 0.2) is 6.10 Å². The molecule has 0 heterocycles. The normalized spacial score (nSPS) is 13.6. The van der Waals surface area contributed by atoms with Crippen LogP contribution in [0.1, 0.15) is 284 Å². The Labute approximate surface area is 547 Å². The molecule has 89 heavy (non-hydrogen) atoms. The summed E-state index contributed by atoms with van der Waals surface area (Å²) in [6.45, 7) is 4.64. The standard InChI is InChI=1S/C80H133NO8/c1-6-8-10-12-14-16-18-20-22-24-26-28-30-32-34-36-38-39-41-42-44-46-48-50-52-54-56-58-60-62-64-66-68-70-77(82)87-74-76(75-88-80(79(84)85)86-73-72-81(3,4)5)89-78(83)71-69-67-65-63-61-59-57-55-53-51-49-47-45-43-40-37-35-33-31-29-27-25-23-21-19-17-15-13-11-9-7-2/h8-11,14-17,20-23,26-29,33,35,40,43,47,49,53,55,76,80H,6-7,12-13,18-19,24-25,30-32,34,36-39,41-42,44-46,48,50-52,54,56-75H2,1-5H3/p+1/b10-8-,11-9-,16-14-,17-15-,22-20-,23-21-,28-26-,29-27-,35-33-,43-40-,49-47-,55-53-. The molecule has 0 amide bonds. The number of nitrogens with zero attached hydrogens (tertiary/aromatic N) is 1. The number of ether oxygens (including phenoxy) is 4. The van der Waals surface area contributed by atoms with Crippen LogP contribution in [0.2, 0.25) is 0 Å². The van der Waals surface area contributed by atoms with Crippen molar-refractivity contribution in [1.82, 2.24) is 0 Å². The summed E-state index contributed by atoms with van der Waals surface area (Å²) in [5.41, 5.74) is 0. The third kappa shape index (κ3) is 70.5. The first kappa shape index (κ1) is 84.2. The summed E-state index contributed by atoms with van der Waals surface area (Å²) in [5.74, 6) is -2.03. The molecular weight excluding hydrogens is 1100 g/mol. The van der Waals surface area contributed by atoms with Gasteiger partial charge in [0.1, 0.15) is 13.2 Å². The molecule has 506 valence electrons. The SMILES string of the molecule is CC/C=C\C/C=C\C/C=C\C/C=C\C/C=C\C/C=C\C/C=C\C/C=C\CCCCCCCCC(=O)OC(COC(=O)CCCCCCCCCCCCCCCCCCCCCC/C=C\C/C=C\C/C=C\C/C=C\CC)COC(OCC[N+](C)(C)C)C(=O)O. The summed E-state index contributed by atoms with van der Waals surface area (Å²) in [5, 5.41) is 9.75. The Hall–Kier alpha value is -4.83. The van der Waals surface area contributed by atoms with Gasteiger partial charge in [0.25, 0.3) is 6.29 Å². The summed E-state index contributed by atoms with van der Waals surface area (Å²) >= 11 is 0. The second kappa shape index (κ2) is 69.1. The van der Waals surface area contributed by atoms with Crippen molar-refractivity contribution in [3.8, 4) is 0 Å². The number of carboxylic acid groups (broad SMARTS) is 1. The van der Waals surface area contributed by atoms with Crippen LogP contribution in [0.4, 0.5) is 0 Å². The summed E-state index contributed by atoms with van der Waals surface area (Å²) in [6.07, 6.45) is 98.2. The minimum absolute atomic E-state index is 0.178. The maximum Gasteiger partial charge on any atom is 0.361 e. The zero-order valence-corrected chi connectivity index (χ0v) is 57.8. The van der Waals surface area contributed by atoms with Crippen LogP contribution in [0.25, 0.3) is 0 Å². The van der Waals surface area contributed by atoms with Crippen LogP contribution < -0.4 is 0 Å². The number of likely N-dealkylation sites (N-methyl/N-ethyl adjacent to an activating group) is 1. The monoisotopic (exact) mass is 1240 g/mol. The quantitative estimate of drug-likeness (QED) is 0.0211. The number of rotatable bonds is 65. The Morgan fingerprint density at radius 3 is 0.899 bits per heavy atom. The fourth-order valence-electron chi connectivity index (χ4n) is 9.67. The molecule has 9 heteroatoms. The topological polar surface area (TPSA) is 108 Å². The molecule has 0 aliphatic carbocycles. The predicted molar refractivity (Wildman–Crippen MR) is 382 cm³/mol. The first-order chi connectivity index (χ1) is 43.6. The molecule has 0 spiro atoms. The van der Waals surface area contributed by atoms with Crippen molar-refractivity contribution in [1.29, 1.82) is 0 Å². The van der Waals surface area contributed by atoms with Gasteiger partial charge in [0.2, 0.25) is 0 Å². The fraction of sp³-hybridized carbons (Fsp3) is 0.662. The Balaban J connectivity index is 4.15. The minimum atomic E-state index is -1.52. The van der Waals surface area contributed by atoms with Gasteiger partial charge in [0.05, 0.1) is 34.4 Å². The maximum absolute atomic E-state index is 13.0. The van der Waals surface area contributed by atoms with E-state index in [0.29, 0.717) is 23.9 Å². The lowest BCUT2D eigenvalue weighted by Crippen LogP contribution is -2.40. The average molecular weight is 1240 g/mol. The van der Waals surface area contributed by atoms with E-state index in [1.54, 1.807) is 0 Å². The van der Waals surface area contributed by atoms with Gasteiger partial charge in [-0.25, -0.2) is 4.79 Å². The molecule has 0 saturated carbocycles. The van der Waals surface area contributed by atoms with Crippen LogP contribution in [0.3, 0.4) is 0 Å². The van der Waals surface area contributed by atoms with Crippen LogP contribution >= 0.6 is 0 Å². The summed E-state index contributed by atoms with van der Waals surface area (Å²) < 4.78 is 23.0. The molecule has 9 nitrogen and oxygen atoms in total. The highest BCUT2D eigenvalue weighted by atomic mass is 16.7. The number of unbranched alkanes of at least 4 members (excludes halogenated alkanes) is 26. The van der Waals surface area contributed by atoms with Crippen molar-refractivity contribution >= 4 is 17.9 Å². The first-order valence-corrected chi connectivity index (χ1v) is 36.0. The Morgan fingerprint density at radius 1 is 0.337 bits per heavy atom. The molecule has 0 aromatic heterocycles. The van der Waals surface area contributed by atoms with Gasteiger partial charge >= 0.3 is 17.9 Å². The smallest absolute Gasteiger partial charge is 0.361 e. The van der Waals surface area contributed by atoms with Gasteiger partial charge in [-0.05, 0) is 116 Å². The lowest BCUT2D eigenvalue weighted by molar-refractivity contribution is -0.870. The number of esters is 2. The number of hydrogen-bond acceptors (Lipinski definition) is 7. The van der Waals surface area contributed by atoms with E-state index in [4.69, 9.17) is 18.9 Å². The van der Waals surface area contributed by atoms with E-state index >= 15 is 0 Å². The number of carbonyl (C=O) groups excluding carboxylic acids is 2. The van der Waals surface area contributed by atoms with Gasteiger partial charge in [-0.15, -0.1) is 0 Å². The van der Waals surface area contributed by atoms with Gasteiger partial charge in [-0.3, -0.25) is 9.59 Å². The lowest BCUT2D eigenvalue weighted by atomic mass is 10.0. The van der Waals surface area contributed by atoms with E-state index in [0.717, 1.165) is 135 Å². The third-order valence-electron chi connectivity index (χ3n) is 15.1. The predicted octanol–water partition coefficient (Wildman–Crippen LogP) is 22.7. The Morgan fingerprint density at radius 2 is 0.607 bits per heavy atom. The largest absolute Gasteiger partial charge is 0.477 e. The number of quaternary nitrogens is 1. The van der Waals surface area contributed by atoms with Crippen molar-refractivity contribution in [2.45, 2.75) is 296 Å². The molecular formula is C80H134NO8+. The molecule has 2 atom stereocenters. The summed E-state index contributed by atoms with van der Waals surface area (Å²) in [6, 6.07) is 0. The van der Waals surface area contributed by atoms with Crippen LogP contribution in [0, 0.1) is 0 Å². The van der Waals surface area contributed by atoms with Gasteiger partial charge in [0, 0.05) is 12.8 Å². The average Bonchev–Trinajstić information content (AvgIpc) is 3.64. The van der Waals surface area contributed by atoms with Gasteiger partial charge in [-0.2, -0.15) is 0 Å². The van der Waals surface area contributed by atoms with Crippen molar-refractivity contribution in [2.24, 2.45) is 0 Å². The van der Waals surface area contributed by atoms with E-state index in [1.807, 2.05) is 21.1 Å². The fourth-order valence-corrected chi connectivity index (χ4v) is 9.67. The van der Waals surface area contributed by atoms with Crippen molar-refractivity contribution in [3.63, 3.8) is 0 Å². The van der Waals surface area contributed by atoms with Crippen LogP contribution in [-0.4, -0.2) is 87.4 Å². The third-order valence-corrected chi connectivity index (χ3v) is 15.1. The molecule has 0 saturated heterocycles. The highest BCUT2D eigenvalue weighted by Crippen LogP contribution is 2.17.